The van der Waals surface area contributed by atoms with Gasteiger partial charge in [0.25, 0.3) is 10.0 Å². The number of carbonyl (C=O) groups is 1. The largest absolute Gasteiger partial charge is 0.495 e. The summed E-state index contributed by atoms with van der Waals surface area (Å²) in [7, 11) is -2.49. The number of benzene rings is 2. The summed E-state index contributed by atoms with van der Waals surface area (Å²) in [5, 5.41) is 6.52. The number of methoxy groups -OCH3 is 1. The Morgan fingerprint density at radius 2 is 1.81 bits per heavy atom. The van der Waals surface area contributed by atoms with E-state index < -0.39 is 10.0 Å². The molecular formula is C22H23N3O5S. The second-order valence-electron chi connectivity index (χ2n) is 6.90. The second-order valence-corrected chi connectivity index (χ2v) is 8.55. The SMILES string of the molecule is COc1ccc(C=Cc2onc(C)c2NC(C)=O)cc1S(=O)(=O)Nc1ccc(C)cc1. The number of nitrogens with zero attached hydrogens (tertiary/aromatic N) is 1. The van der Waals surface area contributed by atoms with Crippen molar-refractivity contribution >= 4 is 39.5 Å². The lowest BCUT2D eigenvalue weighted by molar-refractivity contribution is -0.114. The molecule has 162 valence electrons. The molecule has 0 aliphatic carbocycles. The highest BCUT2D eigenvalue weighted by atomic mass is 32.2. The minimum absolute atomic E-state index is 0.00596. The molecule has 0 aliphatic rings. The zero-order chi connectivity index (χ0) is 22.6. The van der Waals surface area contributed by atoms with Crippen molar-refractivity contribution in [2.45, 2.75) is 25.7 Å². The number of aromatic nitrogens is 1. The second kappa shape index (κ2) is 9.05. The van der Waals surface area contributed by atoms with Crippen molar-refractivity contribution < 1.29 is 22.5 Å². The van der Waals surface area contributed by atoms with E-state index >= 15 is 0 Å². The first-order valence-electron chi connectivity index (χ1n) is 9.39. The molecule has 3 rings (SSSR count). The normalized spacial score (nSPS) is 11.5. The molecule has 0 atom stereocenters. The Kier molecular flexibility index (Phi) is 6.45. The van der Waals surface area contributed by atoms with Gasteiger partial charge in [-0.3, -0.25) is 9.52 Å². The zero-order valence-electron chi connectivity index (χ0n) is 17.6. The van der Waals surface area contributed by atoms with Crippen LogP contribution in [-0.4, -0.2) is 26.6 Å². The van der Waals surface area contributed by atoms with Crippen LogP contribution in [0.5, 0.6) is 5.75 Å². The van der Waals surface area contributed by atoms with Gasteiger partial charge >= 0.3 is 0 Å². The van der Waals surface area contributed by atoms with E-state index in [0.717, 1.165) is 5.56 Å². The molecule has 0 fully saturated rings. The number of amides is 1. The van der Waals surface area contributed by atoms with Crippen LogP contribution in [0.15, 0.2) is 51.9 Å². The maximum atomic E-state index is 13.0. The average molecular weight is 442 g/mol. The fourth-order valence-corrected chi connectivity index (χ4v) is 4.10. The van der Waals surface area contributed by atoms with E-state index in [9.17, 15) is 13.2 Å². The van der Waals surface area contributed by atoms with Gasteiger partial charge in [0.05, 0.1) is 7.11 Å². The number of hydrogen-bond donors (Lipinski definition) is 2. The predicted molar refractivity (Wildman–Crippen MR) is 119 cm³/mol. The Hall–Kier alpha value is -3.59. The topological polar surface area (TPSA) is 111 Å². The first kappa shape index (κ1) is 22.1. The van der Waals surface area contributed by atoms with Crippen molar-refractivity contribution in [2.75, 3.05) is 17.1 Å². The number of ether oxygens (including phenoxy) is 1. The first-order chi connectivity index (χ1) is 14.7. The van der Waals surface area contributed by atoms with Crippen LogP contribution in [-0.2, 0) is 14.8 Å². The molecule has 3 aromatic rings. The van der Waals surface area contributed by atoms with Crippen LogP contribution in [0.3, 0.4) is 0 Å². The lowest BCUT2D eigenvalue weighted by Crippen LogP contribution is -2.14. The van der Waals surface area contributed by atoms with E-state index in [-0.39, 0.29) is 16.6 Å². The third-order valence-electron chi connectivity index (χ3n) is 4.40. The number of aryl methyl sites for hydroxylation is 2. The molecule has 8 nitrogen and oxygen atoms in total. The fraction of sp³-hybridized carbons (Fsp3) is 0.182. The van der Waals surface area contributed by atoms with Crippen LogP contribution >= 0.6 is 0 Å². The number of anilines is 2. The molecule has 1 aromatic heterocycles. The minimum Gasteiger partial charge on any atom is -0.495 e. The van der Waals surface area contributed by atoms with Crippen LogP contribution in [0, 0.1) is 13.8 Å². The van der Waals surface area contributed by atoms with Crippen LogP contribution in [0.25, 0.3) is 12.2 Å². The quantitative estimate of drug-likeness (QED) is 0.568. The molecule has 2 N–H and O–H groups in total. The van der Waals surface area contributed by atoms with E-state index in [4.69, 9.17) is 9.26 Å². The standard InChI is InChI=1S/C22H23N3O5S/c1-14-5-9-18(10-6-14)25-31(27,28)21-13-17(7-11-19(21)29-4)8-12-20-22(23-16(3)26)15(2)24-30-20/h5-13,25H,1-4H3,(H,23,26). The van der Waals surface area contributed by atoms with Gasteiger partial charge in [0.2, 0.25) is 5.91 Å². The van der Waals surface area contributed by atoms with Crippen molar-refractivity contribution in [2.24, 2.45) is 0 Å². The number of rotatable bonds is 7. The molecule has 1 amide bonds. The average Bonchev–Trinajstić information content (AvgIpc) is 3.06. The summed E-state index contributed by atoms with van der Waals surface area (Å²) in [5.41, 5.74) is 3.06. The van der Waals surface area contributed by atoms with Crippen LogP contribution in [0.4, 0.5) is 11.4 Å². The Morgan fingerprint density at radius 1 is 1.10 bits per heavy atom. The summed E-state index contributed by atoms with van der Waals surface area (Å²) in [4.78, 5) is 11.4. The van der Waals surface area contributed by atoms with Crippen molar-refractivity contribution in [3.63, 3.8) is 0 Å². The Balaban J connectivity index is 1.93. The Morgan fingerprint density at radius 3 is 2.45 bits per heavy atom. The van der Waals surface area contributed by atoms with Gasteiger partial charge in [-0.15, -0.1) is 0 Å². The molecule has 0 saturated carbocycles. The van der Waals surface area contributed by atoms with Crippen molar-refractivity contribution in [1.29, 1.82) is 0 Å². The van der Waals surface area contributed by atoms with Gasteiger partial charge in [-0.05, 0) is 49.8 Å². The van der Waals surface area contributed by atoms with E-state index in [1.54, 1.807) is 43.3 Å². The molecule has 1 heterocycles. The molecule has 9 heteroatoms. The number of sulfonamides is 1. The van der Waals surface area contributed by atoms with Crippen molar-refractivity contribution in [1.82, 2.24) is 5.16 Å². The summed E-state index contributed by atoms with van der Waals surface area (Å²) >= 11 is 0. The highest BCUT2D eigenvalue weighted by molar-refractivity contribution is 7.92. The van der Waals surface area contributed by atoms with Gasteiger partial charge in [0, 0.05) is 12.6 Å². The van der Waals surface area contributed by atoms with Crippen molar-refractivity contribution in [3.05, 3.63) is 65.0 Å². The van der Waals surface area contributed by atoms with E-state index in [2.05, 4.69) is 15.2 Å². The molecule has 0 radical (unpaired) electrons. The highest BCUT2D eigenvalue weighted by Gasteiger charge is 2.20. The lowest BCUT2D eigenvalue weighted by Gasteiger charge is -2.12. The van der Waals surface area contributed by atoms with Gasteiger partial charge in [0.1, 0.15) is 22.0 Å². The number of nitrogens with one attached hydrogen (secondary N) is 2. The van der Waals surface area contributed by atoms with Gasteiger partial charge in [-0.25, -0.2) is 8.42 Å². The maximum Gasteiger partial charge on any atom is 0.265 e. The molecule has 31 heavy (non-hydrogen) atoms. The van der Waals surface area contributed by atoms with Crippen molar-refractivity contribution in [3.8, 4) is 5.75 Å². The Bertz CT molecular complexity index is 1230. The number of hydrogen-bond acceptors (Lipinski definition) is 6. The molecular weight excluding hydrogens is 418 g/mol. The summed E-state index contributed by atoms with van der Waals surface area (Å²) in [6, 6.07) is 11.8. The number of carbonyl (C=O) groups excluding carboxylic acids is 1. The molecule has 0 saturated heterocycles. The maximum absolute atomic E-state index is 13.0. The molecule has 0 unspecified atom stereocenters. The molecule has 2 aromatic carbocycles. The fourth-order valence-electron chi connectivity index (χ4n) is 2.84. The van der Waals surface area contributed by atoms with Crippen LogP contribution in [0.2, 0.25) is 0 Å². The van der Waals surface area contributed by atoms with Crippen LogP contribution < -0.4 is 14.8 Å². The summed E-state index contributed by atoms with van der Waals surface area (Å²) in [6.07, 6.45) is 3.27. The van der Waals surface area contributed by atoms with Crippen LogP contribution in [0.1, 0.15) is 29.5 Å². The third kappa shape index (κ3) is 5.32. The summed E-state index contributed by atoms with van der Waals surface area (Å²) in [5.74, 6) is 0.317. The summed E-state index contributed by atoms with van der Waals surface area (Å²) in [6.45, 7) is 5.02. The molecule has 0 bridgehead atoms. The Labute approximate surface area is 181 Å². The van der Waals surface area contributed by atoms with E-state index in [0.29, 0.717) is 28.4 Å². The first-order valence-corrected chi connectivity index (χ1v) is 10.9. The van der Waals surface area contributed by atoms with Gasteiger partial charge in [0.15, 0.2) is 5.76 Å². The van der Waals surface area contributed by atoms with Gasteiger partial charge in [-0.1, -0.05) is 35.0 Å². The predicted octanol–water partition coefficient (Wildman–Crippen LogP) is 4.23. The summed E-state index contributed by atoms with van der Waals surface area (Å²) < 4.78 is 39.0. The third-order valence-corrected chi connectivity index (χ3v) is 5.80. The minimum atomic E-state index is -3.90. The smallest absolute Gasteiger partial charge is 0.265 e. The monoisotopic (exact) mass is 441 g/mol. The highest BCUT2D eigenvalue weighted by Crippen LogP contribution is 2.29. The molecule has 0 spiro atoms. The van der Waals surface area contributed by atoms with E-state index in [1.165, 1.54) is 20.1 Å². The van der Waals surface area contributed by atoms with Gasteiger partial charge in [-0.2, -0.15) is 0 Å². The lowest BCUT2D eigenvalue weighted by atomic mass is 10.2. The van der Waals surface area contributed by atoms with E-state index in [1.807, 2.05) is 19.1 Å². The van der Waals surface area contributed by atoms with Gasteiger partial charge < -0.3 is 14.6 Å². The molecule has 0 aliphatic heterocycles. The zero-order valence-corrected chi connectivity index (χ0v) is 18.4.